The van der Waals surface area contributed by atoms with Gasteiger partial charge in [0.1, 0.15) is 6.26 Å². The summed E-state index contributed by atoms with van der Waals surface area (Å²) in [7, 11) is 1.56. The van der Waals surface area contributed by atoms with Crippen molar-refractivity contribution in [2.45, 2.75) is 5.33 Å². The zero-order valence-corrected chi connectivity index (χ0v) is 6.51. The van der Waals surface area contributed by atoms with Crippen molar-refractivity contribution in [2.75, 3.05) is 7.11 Å². The molecule has 0 atom stereocenters. The Labute approximate surface area is 61.1 Å². The van der Waals surface area contributed by atoms with Crippen LogP contribution in [0.2, 0.25) is 0 Å². The number of methoxy groups -OCH3 is 1. The van der Waals surface area contributed by atoms with E-state index in [-0.39, 0.29) is 0 Å². The summed E-state index contributed by atoms with van der Waals surface area (Å²) in [6.07, 6.45) is 1.55. The molecule has 1 rings (SSSR count). The molecule has 0 spiro atoms. The predicted molar refractivity (Wildman–Crippen MR) is 35.7 cm³/mol. The normalized spacial score (nSPS) is 9.56. The van der Waals surface area contributed by atoms with Crippen LogP contribution in [0.25, 0.3) is 0 Å². The molecule has 9 heavy (non-hydrogen) atoms. The second kappa shape index (κ2) is 2.87. The average molecular weight is 192 g/mol. The molecule has 3 nitrogen and oxygen atoms in total. The van der Waals surface area contributed by atoms with Crippen LogP contribution >= 0.6 is 15.9 Å². The lowest BCUT2D eigenvalue weighted by Crippen LogP contribution is -1.84. The van der Waals surface area contributed by atoms with Crippen LogP contribution in [0.5, 0.6) is 5.88 Å². The van der Waals surface area contributed by atoms with E-state index in [9.17, 15) is 0 Å². The highest BCUT2D eigenvalue weighted by Crippen LogP contribution is 2.17. The number of halogens is 1. The van der Waals surface area contributed by atoms with Crippen LogP contribution in [0.4, 0.5) is 0 Å². The molecule has 0 aliphatic carbocycles. The third-order valence-corrected chi connectivity index (χ3v) is 1.55. The van der Waals surface area contributed by atoms with Crippen LogP contribution in [0.1, 0.15) is 5.56 Å². The number of nitrogens with zero attached hydrogens (tertiary/aromatic N) is 1. The zero-order chi connectivity index (χ0) is 6.69. The number of alkyl halides is 1. The zero-order valence-electron chi connectivity index (χ0n) is 4.93. The van der Waals surface area contributed by atoms with Gasteiger partial charge < -0.3 is 9.26 Å². The first-order chi connectivity index (χ1) is 4.38. The van der Waals surface area contributed by atoms with Gasteiger partial charge in [-0.15, -0.1) is 0 Å². The maximum Gasteiger partial charge on any atom is 0.257 e. The van der Waals surface area contributed by atoms with E-state index in [1.165, 1.54) is 0 Å². The average Bonchev–Trinajstić information content (AvgIpc) is 2.33. The highest BCUT2D eigenvalue weighted by atomic mass is 79.9. The molecule has 4 heteroatoms. The summed E-state index contributed by atoms with van der Waals surface area (Å²) >= 11 is 3.25. The molecule has 1 aromatic heterocycles. The molecule has 0 radical (unpaired) electrons. The lowest BCUT2D eigenvalue weighted by Gasteiger charge is -1.91. The summed E-state index contributed by atoms with van der Waals surface area (Å²) in [6.45, 7) is 0. The van der Waals surface area contributed by atoms with Gasteiger partial charge in [-0.2, -0.15) is 0 Å². The molecule has 0 fully saturated rings. The van der Waals surface area contributed by atoms with Crippen LogP contribution < -0.4 is 4.74 Å². The van der Waals surface area contributed by atoms with Crippen LogP contribution in [0.15, 0.2) is 10.8 Å². The Balaban J connectivity index is 2.85. The molecule has 0 amide bonds. The van der Waals surface area contributed by atoms with Crippen molar-refractivity contribution < 1.29 is 9.26 Å². The number of ether oxygens (including phenoxy) is 1. The van der Waals surface area contributed by atoms with Gasteiger partial charge in [-0.05, 0) is 5.16 Å². The lowest BCUT2D eigenvalue weighted by atomic mass is 10.4. The van der Waals surface area contributed by atoms with Gasteiger partial charge in [-0.1, -0.05) is 15.9 Å². The highest BCUT2D eigenvalue weighted by molar-refractivity contribution is 9.08. The van der Waals surface area contributed by atoms with Gasteiger partial charge in [0.25, 0.3) is 5.88 Å². The molecule has 0 saturated heterocycles. The first-order valence-corrected chi connectivity index (χ1v) is 3.54. The summed E-state index contributed by atoms with van der Waals surface area (Å²) in [5.41, 5.74) is 0.928. The maximum absolute atomic E-state index is 4.84. The fourth-order valence-corrected chi connectivity index (χ4v) is 0.876. The molecule has 0 aliphatic rings. The minimum absolute atomic E-state index is 0.548. The van der Waals surface area contributed by atoms with Crippen LogP contribution in [-0.2, 0) is 5.33 Å². The van der Waals surface area contributed by atoms with E-state index in [2.05, 4.69) is 25.6 Å². The topological polar surface area (TPSA) is 35.3 Å². The number of rotatable bonds is 2. The molecule has 50 valence electrons. The second-order valence-electron chi connectivity index (χ2n) is 1.48. The number of aromatic nitrogens is 1. The first-order valence-electron chi connectivity index (χ1n) is 2.41. The van der Waals surface area contributed by atoms with Crippen molar-refractivity contribution in [2.24, 2.45) is 0 Å². The molecule has 0 saturated carbocycles. The van der Waals surface area contributed by atoms with Gasteiger partial charge in [-0.25, -0.2) is 0 Å². The fraction of sp³-hybridized carbons (Fsp3) is 0.400. The Hall–Kier alpha value is -0.510. The summed E-state index contributed by atoms with van der Waals surface area (Å²) < 4.78 is 9.46. The quantitative estimate of drug-likeness (QED) is 0.667. The fourth-order valence-electron chi connectivity index (χ4n) is 0.504. The Morgan fingerprint density at radius 3 is 3.11 bits per heavy atom. The standard InChI is InChI=1S/C5H6BrNO2/c1-8-5-4(2-6)3-9-7-5/h3H,2H2,1H3. The predicted octanol–water partition coefficient (Wildman–Crippen LogP) is 1.58. The van der Waals surface area contributed by atoms with Crippen molar-refractivity contribution in [3.8, 4) is 5.88 Å². The van der Waals surface area contributed by atoms with E-state index in [0.29, 0.717) is 11.2 Å². The molecule has 0 N–H and O–H groups in total. The van der Waals surface area contributed by atoms with Crippen LogP contribution in [0, 0.1) is 0 Å². The van der Waals surface area contributed by atoms with Crippen molar-refractivity contribution in [3.05, 3.63) is 11.8 Å². The van der Waals surface area contributed by atoms with Gasteiger partial charge >= 0.3 is 0 Å². The third kappa shape index (κ3) is 1.24. The largest absolute Gasteiger partial charge is 0.479 e. The molecular formula is C5H6BrNO2. The van der Waals surface area contributed by atoms with E-state index in [1.54, 1.807) is 13.4 Å². The second-order valence-corrected chi connectivity index (χ2v) is 2.04. The first kappa shape index (κ1) is 6.61. The summed E-state index contributed by atoms with van der Waals surface area (Å²) in [5, 5.41) is 4.29. The van der Waals surface area contributed by atoms with Crippen molar-refractivity contribution >= 4 is 15.9 Å². The minimum Gasteiger partial charge on any atom is -0.479 e. The number of hydrogen-bond donors (Lipinski definition) is 0. The van der Waals surface area contributed by atoms with E-state index in [1.807, 2.05) is 0 Å². The molecular weight excluding hydrogens is 186 g/mol. The minimum atomic E-state index is 0.548. The molecule has 0 unspecified atom stereocenters. The summed E-state index contributed by atoms with van der Waals surface area (Å²) in [5.74, 6) is 0.548. The summed E-state index contributed by atoms with van der Waals surface area (Å²) in [6, 6.07) is 0. The maximum atomic E-state index is 4.84. The molecule has 0 aliphatic heterocycles. The monoisotopic (exact) mass is 191 g/mol. The Morgan fingerprint density at radius 1 is 1.89 bits per heavy atom. The molecule has 1 heterocycles. The van der Waals surface area contributed by atoms with Gasteiger partial charge in [-0.3, -0.25) is 0 Å². The highest BCUT2D eigenvalue weighted by Gasteiger charge is 2.03. The van der Waals surface area contributed by atoms with Crippen molar-refractivity contribution in [1.29, 1.82) is 0 Å². The molecule has 1 aromatic rings. The summed E-state index contributed by atoms with van der Waals surface area (Å²) in [4.78, 5) is 0. The van der Waals surface area contributed by atoms with E-state index >= 15 is 0 Å². The van der Waals surface area contributed by atoms with E-state index in [0.717, 1.165) is 5.56 Å². The van der Waals surface area contributed by atoms with Crippen LogP contribution in [0.3, 0.4) is 0 Å². The third-order valence-electron chi connectivity index (χ3n) is 0.943. The van der Waals surface area contributed by atoms with E-state index < -0.39 is 0 Å². The van der Waals surface area contributed by atoms with Gasteiger partial charge in [0, 0.05) is 5.33 Å². The van der Waals surface area contributed by atoms with Gasteiger partial charge in [0.15, 0.2) is 0 Å². The van der Waals surface area contributed by atoms with Crippen LogP contribution in [-0.4, -0.2) is 12.3 Å². The van der Waals surface area contributed by atoms with Crippen molar-refractivity contribution in [3.63, 3.8) is 0 Å². The smallest absolute Gasteiger partial charge is 0.257 e. The molecule has 0 bridgehead atoms. The Bertz CT molecular complexity index is 168. The van der Waals surface area contributed by atoms with Gasteiger partial charge in [0.2, 0.25) is 0 Å². The Kier molecular flexibility index (Phi) is 2.10. The molecule has 0 aromatic carbocycles. The Morgan fingerprint density at radius 2 is 2.67 bits per heavy atom. The SMILES string of the molecule is COc1nocc1CBr. The lowest BCUT2D eigenvalue weighted by molar-refractivity contribution is 0.338. The van der Waals surface area contributed by atoms with Crippen molar-refractivity contribution in [1.82, 2.24) is 5.16 Å². The number of hydrogen-bond acceptors (Lipinski definition) is 3. The van der Waals surface area contributed by atoms with Gasteiger partial charge in [0.05, 0.1) is 12.7 Å². The van der Waals surface area contributed by atoms with E-state index in [4.69, 9.17) is 4.74 Å².